The summed E-state index contributed by atoms with van der Waals surface area (Å²) in [5.41, 5.74) is -0.159. The van der Waals surface area contributed by atoms with E-state index in [2.05, 4.69) is 0 Å². The van der Waals surface area contributed by atoms with Gasteiger partial charge in [0.2, 0.25) is 0 Å². The minimum atomic E-state index is -0.913. The summed E-state index contributed by atoms with van der Waals surface area (Å²) >= 11 is 0. The molecule has 0 heterocycles. The minimum Gasteiger partial charge on any atom is -0.293 e. The summed E-state index contributed by atoms with van der Waals surface area (Å²) in [5, 5.41) is 0. The van der Waals surface area contributed by atoms with Crippen molar-refractivity contribution in [2.45, 2.75) is 26.2 Å². The molecule has 0 spiro atoms. The fourth-order valence-electron chi connectivity index (χ4n) is 2.14. The SMILES string of the molecule is Cc1cc(F)c(C(=O)C(C)(C)c2ccccc2)cc1F. The molecule has 2 aromatic carbocycles. The van der Waals surface area contributed by atoms with Gasteiger partial charge in [-0.15, -0.1) is 0 Å². The predicted octanol–water partition coefficient (Wildman–Crippen LogP) is 4.43. The van der Waals surface area contributed by atoms with Crippen LogP contribution in [0.25, 0.3) is 0 Å². The number of hydrogen-bond acceptors (Lipinski definition) is 1. The van der Waals surface area contributed by atoms with E-state index in [-0.39, 0.29) is 11.1 Å². The Morgan fingerprint density at radius 2 is 1.60 bits per heavy atom. The van der Waals surface area contributed by atoms with Crippen LogP contribution in [0.3, 0.4) is 0 Å². The molecule has 0 aliphatic carbocycles. The Morgan fingerprint density at radius 3 is 2.20 bits per heavy atom. The maximum atomic E-state index is 13.9. The van der Waals surface area contributed by atoms with Crippen LogP contribution in [0.5, 0.6) is 0 Å². The molecule has 20 heavy (non-hydrogen) atoms. The van der Waals surface area contributed by atoms with Gasteiger partial charge in [0.05, 0.1) is 11.0 Å². The first-order chi connectivity index (χ1) is 9.34. The van der Waals surface area contributed by atoms with Crippen molar-refractivity contribution in [3.63, 3.8) is 0 Å². The number of carbonyl (C=O) groups excluding carboxylic acids is 1. The van der Waals surface area contributed by atoms with Crippen molar-refractivity contribution in [3.8, 4) is 0 Å². The van der Waals surface area contributed by atoms with Crippen molar-refractivity contribution in [3.05, 3.63) is 70.8 Å². The zero-order valence-corrected chi connectivity index (χ0v) is 11.7. The quantitative estimate of drug-likeness (QED) is 0.756. The Bertz CT molecular complexity index is 646. The van der Waals surface area contributed by atoms with Gasteiger partial charge in [-0.3, -0.25) is 4.79 Å². The fourth-order valence-corrected chi connectivity index (χ4v) is 2.14. The van der Waals surface area contributed by atoms with Crippen LogP contribution in [-0.2, 0) is 5.41 Å². The molecule has 104 valence electrons. The molecule has 3 heteroatoms. The smallest absolute Gasteiger partial charge is 0.175 e. The average Bonchev–Trinajstić information content (AvgIpc) is 2.43. The molecular formula is C17H16F2O. The zero-order valence-electron chi connectivity index (χ0n) is 11.7. The van der Waals surface area contributed by atoms with Gasteiger partial charge in [0.25, 0.3) is 0 Å². The number of ketones is 1. The molecular weight excluding hydrogens is 258 g/mol. The number of halogens is 2. The van der Waals surface area contributed by atoms with E-state index in [0.29, 0.717) is 0 Å². The van der Waals surface area contributed by atoms with Gasteiger partial charge in [-0.2, -0.15) is 0 Å². The summed E-state index contributed by atoms with van der Waals surface area (Å²) in [5.74, 6) is -1.68. The van der Waals surface area contributed by atoms with E-state index in [9.17, 15) is 13.6 Å². The zero-order chi connectivity index (χ0) is 14.9. The monoisotopic (exact) mass is 274 g/mol. The third-order valence-corrected chi connectivity index (χ3v) is 3.56. The van der Waals surface area contributed by atoms with E-state index in [4.69, 9.17) is 0 Å². The molecule has 0 radical (unpaired) electrons. The summed E-state index contributed by atoms with van der Waals surface area (Å²) in [4.78, 5) is 12.5. The van der Waals surface area contributed by atoms with Crippen LogP contribution in [0.1, 0.15) is 35.3 Å². The molecule has 0 unspecified atom stereocenters. The van der Waals surface area contributed by atoms with Crippen molar-refractivity contribution in [1.82, 2.24) is 0 Å². The molecule has 2 rings (SSSR count). The van der Waals surface area contributed by atoms with Crippen LogP contribution in [0.4, 0.5) is 8.78 Å². The number of Topliss-reactive ketones (excluding diaryl/α,β-unsaturated/α-hetero) is 1. The lowest BCUT2D eigenvalue weighted by Gasteiger charge is -2.24. The second kappa shape index (κ2) is 5.16. The van der Waals surface area contributed by atoms with E-state index in [1.54, 1.807) is 26.0 Å². The topological polar surface area (TPSA) is 17.1 Å². The first-order valence-electron chi connectivity index (χ1n) is 6.40. The maximum Gasteiger partial charge on any atom is 0.175 e. The summed E-state index contributed by atoms with van der Waals surface area (Å²) in [6.45, 7) is 4.89. The van der Waals surface area contributed by atoms with Crippen molar-refractivity contribution >= 4 is 5.78 Å². The first kappa shape index (κ1) is 14.4. The molecule has 0 N–H and O–H groups in total. The molecule has 2 aromatic rings. The van der Waals surface area contributed by atoms with E-state index in [0.717, 1.165) is 17.7 Å². The summed E-state index contributed by atoms with van der Waals surface area (Å²) in [6.07, 6.45) is 0. The molecule has 0 atom stereocenters. The van der Waals surface area contributed by atoms with Gasteiger partial charge in [-0.05, 0) is 44.0 Å². The van der Waals surface area contributed by atoms with E-state index in [1.165, 1.54) is 6.92 Å². The van der Waals surface area contributed by atoms with E-state index < -0.39 is 22.8 Å². The summed E-state index contributed by atoms with van der Waals surface area (Å²) < 4.78 is 27.5. The molecule has 0 aliphatic rings. The van der Waals surface area contributed by atoms with Crippen LogP contribution >= 0.6 is 0 Å². The highest BCUT2D eigenvalue weighted by Gasteiger charge is 2.32. The van der Waals surface area contributed by atoms with Crippen LogP contribution in [0.15, 0.2) is 42.5 Å². The largest absolute Gasteiger partial charge is 0.293 e. The normalized spacial score (nSPS) is 11.4. The molecule has 0 amide bonds. The van der Waals surface area contributed by atoms with E-state index in [1.807, 2.05) is 18.2 Å². The Kier molecular flexibility index (Phi) is 3.71. The Hall–Kier alpha value is -2.03. The van der Waals surface area contributed by atoms with Gasteiger partial charge in [-0.25, -0.2) is 8.78 Å². The summed E-state index contributed by atoms with van der Waals surface area (Å²) in [7, 11) is 0. The van der Waals surface area contributed by atoms with Crippen LogP contribution in [0, 0.1) is 18.6 Å². The van der Waals surface area contributed by atoms with Crippen molar-refractivity contribution in [2.75, 3.05) is 0 Å². The number of rotatable bonds is 3. The molecule has 0 aromatic heterocycles. The lowest BCUT2D eigenvalue weighted by Crippen LogP contribution is -2.30. The second-order valence-corrected chi connectivity index (χ2v) is 5.40. The molecule has 0 saturated heterocycles. The lowest BCUT2D eigenvalue weighted by atomic mass is 9.78. The highest BCUT2D eigenvalue weighted by atomic mass is 19.1. The second-order valence-electron chi connectivity index (χ2n) is 5.40. The van der Waals surface area contributed by atoms with Gasteiger partial charge in [0.15, 0.2) is 5.78 Å². The van der Waals surface area contributed by atoms with Crippen molar-refractivity contribution in [2.24, 2.45) is 0 Å². The summed E-state index contributed by atoms with van der Waals surface area (Å²) in [6, 6.07) is 11.1. The molecule has 1 nitrogen and oxygen atoms in total. The van der Waals surface area contributed by atoms with Crippen molar-refractivity contribution < 1.29 is 13.6 Å². The average molecular weight is 274 g/mol. The number of carbonyl (C=O) groups is 1. The standard InChI is InChI=1S/C17H16F2O/c1-11-9-15(19)13(10-14(11)18)16(20)17(2,3)12-7-5-4-6-8-12/h4-10H,1-3H3. The Morgan fingerprint density at radius 1 is 1.00 bits per heavy atom. The van der Waals surface area contributed by atoms with Crippen LogP contribution in [0.2, 0.25) is 0 Å². The third-order valence-electron chi connectivity index (χ3n) is 3.56. The van der Waals surface area contributed by atoms with Crippen LogP contribution in [-0.4, -0.2) is 5.78 Å². The number of hydrogen-bond donors (Lipinski definition) is 0. The maximum absolute atomic E-state index is 13.9. The molecule has 0 saturated carbocycles. The molecule has 0 aliphatic heterocycles. The predicted molar refractivity (Wildman–Crippen MR) is 74.9 cm³/mol. The number of aryl methyl sites for hydroxylation is 1. The number of benzene rings is 2. The Balaban J connectivity index is 2.49. The minimum absolute atomic E-state index is 0.191. The molecule has 0 fully saturated rings. The first-order valence-corrected chi connectivity index (χ1v) is 6.40. The van der Waals surface area contributed by atoms with Gasteiger partial charge in [0, 0.05) is 0 Å². The van der Waals surface area contributed by atoms with Gasteiger partial charge < -0.3 is 0 Å². The lowest BCUT2D eigenvalue weighted by molar-refractivity contribution is 0.0904. The van der Waals surface area contributed by atoms with Gasteiger partial charge in [-0.1, -0.05) is 30.3 Å². The third kappa shape index (κ3) is 2.48. The highest BCUT2D eigenvalue weighted by Crippen LogP contribution is 2.29. The highest BCUT2D eigenvalue weighted by molar-refractivity contribution is 6.03. The van der Waals surface area contributed by atoms with Gasteiger partial charge in [0.1, 0.15) is 11.6 Å². The van der Waals surface area contributed by atoms with Crippen LogP contribution < -0.4 is 0 Å². The van der Waals surface area contributed by atoms with Crippen molar-refractivity contribution in [1.29, 1.82) is 0 Å². The van der Waals surface area contributed by atoms with Gasteiger partial charge >= 0.3 is 0 Å². The fraction of sp³-hybridized carbons (Fsp3) is 0.235. The van der Waals surface area contributed by atoms with E-state index >= 15 is 0 Å². The molecule has 0 bridgehead atoms. The Labute approximate surface area is 117 Å².